The van der Waals surface area contributed by atoms with Crippen molar-refractivity contribution < 1.29 is 8.78 Å². The average Bonchev–Trinajstić information content (AvgIpc) is 2.38. The molecule has 1 unspecified atom stereocenters. The molecule has 0 fully saturated rings. The van der Waals surface area contributed by atoms with Crippen LogP contribution in [0.2, 0.25) is 0 Å². The minimum atomic E-state index is -0.634. The molecule has 94 valence electrons. The van der Waals surface area contributed by atoms with Crippen molar-refractivity contribution >= 4 is 0 Å². The predicted molar refractivity (Wildman–Crippen MR) is 63.9 cm³/mol. The summed E-state index contributed by atoms with van der Waals surface area (Å²) in [5.74, 6) is -1.18. The van der Waals surface area contributed by atoms with E-state index in [1.165, 1.54) is 36.8 Å². The van der Waals surface area contributed by atoms with Gasteiger partial charge in [0, 0.05) is 18.0 Å². The Morgan fingerprint density at radius 3 is 2.50 bits per heavy atom. The van der Waals surface area contributed by atoms with Crippen LogP contribution in [0.3, 0.4) is 0 Å². The lowest BCUT2D eigenvalue weighted by molar-refractivity contribution is 0.504. The second kappa shape index (κ2) is 5.64. The quantitative estimate of drug-likeness (QED) is 0.904. The van der Waals surface area contributed by atoms with Crippen LogP contribution in [0.25, 0.3) is 0 Å². The van der Waals surface area contributed by atoms with Crippen molar-refractivity contribution in [2.75, 3.05) is 6.54 Å². The zero-order valence-corrected chi connectivity index (χ0v) is 9.90. The number of hydrogen-bond acceptors (Lipinski definition) is 3. The van der Waals surface area contributed by atoms with Crippen molar-refractivity contribution in [2.45, 2.75) is 13.0 Å². The number of rotatable bonds is 4. The van der Waals surface area contributed by atoms with Gasteiger partial charge in [0.1, 0.15) is 11.6 Å². The van der Waals surface area contributed by atoms with Gasteiger partial charge in [-0.05, 0) is 18.7 Å². The maximum atomic E-state index is 13.8. The van der Waals surface area contributed by atoms with E-state index in [-0.39, 0.29) is 5.56 Å². The highest BCUT2D eigenvalue weighted by Gasteiger charge is 2.22. The highest BCUT2D eigenvalue weighted by Crippen LogP contribution is 2.25. The minimum absolute atomic E-state index is 0.0279. The average molecular weight is 249 g/mol. The maximum Gasteiger partial charge on any atom is 0.131 e. The highest BCUT2D eigenvalue weighted by molar-refractivity contribution is 5.29. The number of benzene rings is 1. The summed E-state index contributed by atoms with van der Waals surface area (Å²) >= 11 is 0. The number of aromatic nitrogens is 2. The Morgan fingerprint density at radius 2 is 1.94 bits per heavy atom. The standard InChI is InChI=1S/C13H13F2N3/c1-2-17-13(11-8-16-6-7-18-11)12-9(14)4-3-5-10(12)15/h3-8,13,17H,2H2,1H3. The molecule has 1 heterocycles. The van der Waals surface area contributed by atoms with E-state index in [9.17, 15) is 8.78 Å². The first-order valence-corrected chi connectivity index (χ1v) is 5.67. The van der Waals surface area contributed by atoms with E-state index < -0.39 is 17.7 Å². The smallest absolute Gasteiger partial charge is 0.131 e. The second-order valence-corrected chi connectivity index (χ2v) is 3.76. The summed E-state index contributed by atoms with van der Waals surface area (Å²) in [5.41, 5.74) is 0.461. The molecule has 0 saturated heterocycles. The molecule has 0 saturated carbocycles. The van der Waals surface area contributed by atoms with Crippen LogP contribution in [-0.4, -0.2) is 16.5 Å². The summed E-state index contributed by atoms with van der Waals surface area (Å²) in [7, 11) is 0. The first kappa shape index (κ1) is 12.6. The van der Waals surface area contributed by atoms with Gasteiger partial charge in [-0.2, -0.15) is 0 Å². The molecule has 0 radical (unpaired) electrons. The topological polar surface area (TPSA) is 37.8 Å². The van der Waals surface area contributed by atoms with Crippen LogP contribution in [0.15, 0.2) is 36.8 Å². The molecule has 1 aromatic heterocycles. The van der Waals surface area contributed by atoms with Gasteiger partial charge in [-0.15, -0.1) is 0 Å². The predicted octanol–water partition coefficient (Wildman–Crippen LogP) is 2.45. The van der Waals surface area contributed by atoms with E-state index in [2.05, 4.69) is 15.3 Å². The Bertz CT molecular complexity index is 497. The van der Waals surface area contributed by atoms with Gasteiger partial charge in [0.15, 0.2) is 0 Å². The lowest BCUT2D eigenvalue weighted by Crippen LogP contribution is -2.25. The number of halogens is 2. The molecule has 0 aliphatic heterocycles. The molecule has 0 aliphatic rings. The third-order valence-corrected chi connectivity index (χ3v) is 2.58. The molecule has 1 N–H and O–H groups in total. The Kier molecular flexibility index (Phi) is 3.94. The van der Waals surface area contributed by atoms with Crippen LogP contribution in [0.4, 0.5) is 8.78 Å². The van der Waals surface area contributed by atoms with E-state index in [4.69, 9.17) is 0 Å². The van der Waals surface area contributed by atoms with Crippen LogP contribution >= 0.6 is 0 Å². The number of hydrogen-bond donors (Lipinski definition) is 1. The number of nitrogens with zero attached hydrogens (tertiary/aromatic N) is 2. The summed E-state index contributed by atoms with van der Waals surface area (Å²) in [5, 5.41) is 3.01. The van der Waals surface area contributed by atoms with Gasteiger partial charge in [-0.3, -0.25) is 9.97 Å². The Hall–Kier alpha value is -1.88. The monoisotopic (exact) mass is 249 g/mol. The summed E-state index contributed by atoms with van der Waals surface area (Å²) in [6.45, 7) is 2.43. The van der Waals surface area contributed by atoms with Gasteiger partial charge in [-0.25, -0.2) is 8.78 Å². The largest absolute Gasteiger partial charge is 0.305 e. The lowest BCUT2D eigenvalue weighted by atomic mass is 10.0. The van der Waals surface area contributed by atoms with Gasteiger partial charge in [0.2, 0.25) is 0 Å². The third-order valence-electron chi connectivity index (χ3n) is 2.58. The number of nitrogens with one attached hydrogen (secondary N) is 1. The summed E-state index contributed by atoms with van der Waals surface area (Å²) in [6, 6.07) is 3.18. The third kappa shape index (κ3) is 2.51. The summed E-state index contributed by atoms with van der Waals surface area (Å²) < 4.78 is 27.6. The highest BCUT2D eigenvalue weighted by atomic mass is 19.1. The maximum absolute atomic E-state index is 13.8. The first-order valence-electron chi connectivity index (χ1n) is 5.67. The SMILES string of the molecule is CCNC(c1cnccn1)c1c(F)cccc1F. The summed E-state index contributed by atoms with van der Waals surface area (Å²) in [6.07, 6.45) is 4.52. The molecule has 1 aromatic carbocycles. The Balaban J connectivity index is 2.48. The molecule has 18 heavy (non-hydrogen) atoms. The molecular weight excluding hydrogens is 236 g/mol. The van der Waals surface area contributed by atoms with Crippen LogP contribution in [0.5, 0.6) is 0 Å². The van der Waals surface area contributed by atoms with Crippen LogP contribution < -0.4 is 5.32 Å². The van der Waals surface area contributed by atoms with Crippen LogP contribution in [0, 0.1) is 11.6 Å². The zero-order valence-electron chi connectivity index (χ0n) is 9.90. The molecule has 1 atom stereocenters. The molecule has 0 aliphatic carbocycles. The minimum Gasteiger partial charge on any atom is -0.305 e. The van der Waals surface area contributed by atoms with Crippen LogP contribution in [0.1, 0.15) is 24.2 Å². The van der Waals surface area contributed by atoms with Gasteiger partial charge < -0.3 is 5.32 Å². The van der Waals surface area contributed by atoms with Crippen molar-refractivity contribution in [1.29, 1.82) is 0 Å². The van der Waals surface area contributed by atoms with E-state index in [1.807, 2.05) is 6.92 Å². The normalized spacial score (nSPS) is 12.4. The molecule has 0 spiro atoms. The van der Waals surface area contributed by atoms with Gasteiger partial charge in [-0.1, -0.05) is 13.0 Å². The van der Waals surface area contributed by atoms with Crippen molar-refractivity contribution in [1.82, 2.24) is 15.3 Å². The zero-order chi connectivity index (χ0) is 13.0. The van der Waals surface area contributed by atoms with Crippen LogP contribution in [-0.2, 0) is 0 Å². The van der Waals surface area contributed by atoms with E-state index in [0.717, 1.165) is 0 Å². The van der Waals surface area contributed by atoms with Crippen molar-refractivity contribution in [2.24, 2.45) is 0 Å². The van der Waals surface area contributed by atoms with E-state index in [0.29, 0.717) is 12.2 Å². The van der Waals surface area contributed by atoms with Gasteiger partial charge >= 0.3 is 0 Å². The van der Waals surface area contributed by atoms with E-state index >= 15 is 0 Å². The fourth-order valence-corrected chi connectivity index (χ4v) is 1.80. The second-order valence-electron chi connectivity index (χ2n) is 3.76. The molecule has 3 nitrogen and oxygen atoms in total. The van der Waals surface area contributed by atoms with E-state index in [1.54, 1.807) is 0 Å². The Labute approximate surface area is 104 Å². The molecule has 0 bridgehead atoms. The van der Waals surface area contributed by atoms with Crippen molar-refractivity contribution in [3.63, 3.8) is 0 Å². The van der Waals surface area contributed by atoms with Crippen molar-refractivity contribution in [3.05, 3.63) is 59.7 Å². The van der Waals surface area contributed by atoms with Gasteiger partial charge in [0.05, 0.1) is 17.9 Å². The molecule has 2 aromatic rings. The molecular formula is C13H13F2N3. The molecule has 2 rings (SSSR count). The fraction of sp³-hybridized carbons (Fsp3) is 0.231. The van der Waals surface area contributed by atoms with Gasteiger partial charge in [0.25, 0.3) is 0 Å². The molecule has 5 heteroatoms. The van der Waals surface area contributed by atoms with Crippen molar-refractivity contribution in [3.8, 4) is 0 Å². The summed E-state index contributed by atoms with van der Waals surface area (Å²) in [4.78, 5) is 8.02. The molecule has 0 amide bonds. The lowest BCUT2D eigenvalue weighted by Gasteiger charge is -2.18. The first-order chi connectivity index (χ1) is 8.74. The Morgan fingerprint density at radius 1 is 1.22 bits per heavy atom. The fourth-order valence-electron chi connectivity index (χ4n) is 1.80.